The van der Waals surface area contributed by atoms with Gasteiger partial charge in [0, 0.05) is 22.3 Å². The Hall–Kier alpha value is -1.32. The van der Waals surface area contributed by atoms with Crippen molar-refractivity contribution in [2.75, 3.05) is 6.61 Å². The van der Waals surface area contributed by atoms with Crippen molar-refractivity contribution in [1.29, 1.82) is 0 Å². The highest BCUT2D eigenvalue weighted by Crippen LogP contribution is 2.40. The van der Waals surface area contributed by atoms with E-state index in [0.717, 1.165) is 22.4 Å². The quantitative estimate of drug-likeness (QED) is 0.763. The molecule has 1 nitrogen and oxygen atoms in total. The van der Waals surface area contributed by atoms with Crippen LogP contribution in [0.3, 0.4) is 0 Å². The molecular weight excluding hydrogens is 259 g/mol. The lowest BCUT2D eigenvalue weighted by molar-refractivity contribution is 0.273. The number of hydrogen-bond acceptors (Lipinski definition) is 2. The minimum atomic E-state index is -0.178. The second-order valence-corrected chi connectivity index (χ2v) is 6.07. The highest BCUT2D eigenvalue weighted by molar-refractivity contribution is 7.99. The predicted molar refractivity (Wildman–Crippen MR) is 75.3 cm³/mol. The van der Waals surface area contributed by atoms with Crippen LogP contribution >= 0.6 is 11.8 Å². The topological polar surface area (TPSA) is 20.2 Å². The third-order valence-electron chi connectivity index (χ3n) is 3.55. The first-order valence-corrected chi connectivity index (χ1v) is 7.19. The first-order valence-electron chi connectivity index (χ1n) is 6.37. The van der Waals surface area contributed by atoms with E-state index in [2.05, 4.69) is 18.2 Å². The van der Waals surface area contributed by atoms with Crippen LogP contribution in [-0.2, 0) is 6.42 Å². The minimum absolute atomic E-state index is 0.143. The number of halogens is 1. The highest BCUT2D eigenvalue weighted by atomic mass is 32.2. The van der Waals surface area contributed by atoms with E-state index in [1.165, 1.54) is 16.5 Å². The Morgan fingerprint density at radius 1 is 1.16 bits per heavy atom. The van der Waals surface area contributed by atoms with Crippen molar-refractivity contribution in [2.45, 2.75) is 29.1 Å². The molecular formula is C16H15FOS. The molecule has 0 saturated carbocycles. The van der Waals surface area contributed by atoms with Crippen LogP contribution in [0.4, 0.5) is 4.39 Å². The first kappa shape index (κ1) is 12.7. The molecule has 0 amide bonds. The van der Waals surface area contributed by atoms with Gasteiger partial charge in [-0.25, -0.2) is 4.39 Å². The van der Waals surface area contributed by atoms with E-state index in [1.54, 1.807) is 17.8 Å². The lowest BCUT2D eigenvalue weighted by Gasteiger charge is -2.20. The molecule has 98 valence electrons. The molecule has 3 heteroatoms. The Bertz CT molecular complexity index is 624. The van der Waals surface area contributed by atoms with E-state index in [0.29, 0.717) is 0 Å². The molecule has 1 N–H and O–H groups in total. The lowest BCUT2D eigenvalue weighted by Crippen LogP contribution is -2.04. The normalized spacial score (nSPS) is 14.7. The molecule has 0 saturated heterocycles. The van der Waals surface area contributed by atoms with Crippen molar-refractivity contribution >= 4 is 11.8 Å². The van der Waals surface area contributed by atoms with E-state index in [-0.39, 0.29) is 18.3 Å². The molecule has 2 aromatic carbocycles. The van der Waals surface area contributed by atoms with Gasteiger partial charge in [-0.05, 0) is 47.4 Å². The van der Waals surface area contributed by atoms with Crippen LogP contribution in [0.2, 0.25) is 0 Å². The van der Waals surface area contributed by atoms with Gasteiger partial charge in [0.1, 0.15) is 5.82 Å². The fraction of sp³-hybridized carbons (Fsp3) is 0.250. The second kappa shape index (κ2) is 4.99. The number of aliphatic hydroxyl groups is 1. The molecule has 3 rings (SSSR count). The third kappa shape index (κ3) is 2.40. The maximum absolute atomic E-state index is 13.3. The van der Waals surface area contributed by atoms with Crippen LogP contribution in [0.5, 0.6) is 0 Å². The smallest absolute Gasteiger partial charge is 0.123 e. The molecule has 1 unspecified atom stereocenters. The molecule has 1 aliphatic rings. The Balaban J connectivity index is 1.98. The van der Waals surface area contributed by atoms with Crippen LogP contribution in [-0.4, -0.2) is 11.7 Å². The average molecular weight is 274 g/mol. The number of aliphatic hydroxyl groups excluding tert-OH is 1. The van der Waals surface area contributed by atoms with Crippen molar-refractivity contribution in [1.82, 2.24) is 0 Å². The average Bonchev–Trinajstić information content (AvgIpc) is 2.43. The molecule has 1 atom stereocenters. The Labute approximate surface area is 116 Å². The maximum atomic E-state index is 13.3. The molecule has 0 aromatic heterocycles. The summed E-state index contributed by atoms with van der Waals surface area (Å²) in [5.74, 6) is -0.0353. The highest BCUT2D eigenvalue weighted by Gasteiger charge is 2.17. The van der Waals surface area contributed by atoms with E-state index in [1.807, 2.05) is 13.0 Å². The van der Waals surface area contributed by atoms with E-state index in [9.17, 15) is 9.50 Å². The largest absolute Gasteiger partial charge is 0.396 e. The van der Waals surface area contributed by atoms with Crippen LogP contribution < -0.4 is 0 Å². The van der Waals surface area contributed by atoms with Crippen molar-refractivity contribution in [3.05, 3.63) is 58.9 Å². The SMILES string of the molecule is CC(CO)c1ccc2c(c1)Cc1cc(F)ccc1S2. The number of fused-ring (bicyclic) bond motifs is 2. The van der Waals surface area contributed by atoms with Crippen LogP contribution in [0.15, 0.2) is 46.2 Å². The van der Waals surface area contributed by atoms with Gasteiger partial charge in [-0.1, -0.05) is 30.8 Å². The van der Waals surface area contributed by atoms with Gasteiger partial charge in [-0.15, -0.1) is 0 Å². The summed E-state index contributed by atoms with van der Waals surface area (Å²) in [6.07, 6.45) is 0.765. The maximum Gasteiger partial charge on any atom is 0.123 e. The molecule has 0 aliphatic carbocycles. The van der Waals surface area contributed by atoms with Crippen LogP contribution in [0, 0.1) is 5.82 Å². The number of benzene rings is 2. The Kier molecular flexibility index (Phi) is 3.33. The second-order valence-electron chi connectivity index (χ2n) is 4.98. The fourth-order valence-electron chi connectivity index (χ4n) is 2.36. The van der Waals surface area contributed by atoms with Gasteiger partial charge >= 0.3 is 0 Å². The molecule has 0 fully saturated rings. The number of rotatable bonds is 2. The lowest BCUT2D eigenvalue weighted by atomic mass is 9.96. The van der Waals surface area contributed by atoms with Crippen molar-refractivity contribution in [3.8, 4) is 0 Å². The summed E-state index contributed by atoms with van der Waals surface area (Å²) >= 11 is 1.69. The van der Waals surface area contributed by atoms with Crippen molar-refractivity contribution < 1.29 is 9.50 Å². The van der Waals surface area contributed by atoms with Gasteiger partial charge in [-0.2, -0.15) is 0 Å². The zero-order chi connectivity index (χ0) is 13.4. The van der Waals surface area contributed by atoms with E-state index in [4.69, 9.17) is 0 Å². The summed E-state index contributed by atoms with van der Waals surface area (Å²) in [6, 6.07) is 11.3. The van der Waals surface area contributed by atoms with Crippen molar-refractivity contribution in [3.63, 3.8) is 0 Å². The zero-order valence-electron chi connectivity index (χ0n) is 10.7. The standard InChI is InChI=1S/C16H15FOS/c1-10(9-18)11-2-4-15-12(6-11)7-13-8-14(17)3-5-16(13)19-15/h2-6,8,10,18H,7,9H2,1H3. The Morgan fingerprint density at radius 3 is 2.58 bits per heavy atom. The monoisotopic (exact) mass is 274 g/mol. The van der Waals surface area contributed by atoms with Gasteiger partial charge < -0.3 is 5.11 Å². The van der Waals surface area contributed by atoms with Crippen LogP contribution in [0.1, 0.15) is 29.5 Å². The summed E-state index contributed by atoms with van der Waals surface area (Å²) < 4.78 is 13.3. The molecule has 19 heavy (non-hydrogen) atoms. The summed E-state index contributed by atoms with van der Waals surface area (Å²) in [5.41, 5.74) is 3.41. The zero-order valence-corrected chi connectivity index (χ0v) is 11.5. The minimum Gasteiger partial charge on any atom is -0.396 e. The summed E-state index contributed by atoms with van der Waals surface area (Å²) in [4.78, 5) is 2.37. The summed E-state index contributed by atoms with van der Waals surface area (Å²) in [7, 11) is 0. The molecule has 1 aliphatic heterocycles. The first-order chi connectivity index (χ1) is 9.17. The summed E-state index contributed by atoms with van der Waals surface area (Å²) in [6.45, 7) is 2.16. The fourth-order valence-corrected chi connectivity index (χ4v) is 3.39. The van der Waals surface area contributed by atoms with Gasteiger partial charge in [0.05, 0.1) is 0 Å². The predicted octanol–water partition coefficient (Wildman–Crippen LogP) is 3.98. The molecule has 0 bridgehead atoms. The van der Waals surface area contributed by atoms with Gasteiger partial charge in [0.25, 0.3) is 0 Å². The van der Waals surface area contributed by atoms with Gasteiger partial charge in [0.15, 0.2) is 0 Å². The van der Waals surface area contributed by atoms with Crippen LogP contribution in [0.25, 0.3) is 0 Å². The van der Waals surface area contributed by atoms with E-state index < -0.39 is 0 Å². The molecule has 1 heterocycles. The molecule has 0 radical (unpaired) electrons. The molecule has 0 spiro atoms. The summed E-state index contributed by atoms with van der Waals surface area (Å²) in [5, 5.41) is 9.23. The molecule has 2 aromatic rings. The van der Waals surface area contributed by atoms with E-state index >= 15 is 0 Å². The Morgan fingerprint density at radius 2 is 1.84 bits per heavy atom. The third-order valence-corrected chi connectivity index (χ3v) is 4.79. The van der Waals surface area contributed by atoms with Gasteiger partial charge in [0.2, 0.25) is 0 Å². The number of hydrogen-bond donors (Lipinski definition) is 1. The van der Waals surface area contributed by atoms with Gasteiger partial charge in [-0.3, -0.25) is 0 Å². The van der Waals surface area contributed by atoms with Crippen molar-refractivity contribution in [2.24, 2.45) is 0 Å².